The molecule has 0 bridgehead atoms. The summed E-state index contributed by atoms with van der Waals surface area (Å²) in [5.74, 6) is 0. The second kappa shape index (κ2) is 10.0. The SMILES string of the molecule is CC(C)(C)[P@](=O)(CCCCCC[P@](=O)(c1ccccc1)C(C)(C)C)c1ccccc1. The molecule has 0 saturated heterocycles. The third kappa shape index (κ3) is 5.77. The van der Waals surface area contributed by atoms with E-state index in [1.54, 1.807) is 0 Å². The largest absolute Gasteiger partial charge is 0.318 e. The van der Waals surface area contributed by atoms with E-state index in [0.717, 1.165) is 48.6 Å². The number of hydrogen-bond acceptors (Lipinski definition) is 2. The van der Waals surface area contributed by atoms with E-state index in [1.807, 2.05) is 60.7 Å². The Morgan fingerprint density at radius 3 is 1.10 bits per heavy atom. The van der Waals surface area contributed by atoms with Crippen molar-refractivity contribution >= 4 is 24.9 Å². The number of unbranched alkanes of at least 4 members (excludes halogenated alkanes) is 3. The first-order valence-corrected chi connectivity index (χ1v) is 15.0. The molecule has 0 fully saturated rings. The van der Waals surface area contributed by atoms with Crippen LogP contribution in [0.3, 0.4) is 0 Å². The minimum absolute atomic E-state index is 0.233. The van der Waals surface area contributed by atoms with Gasteiger partial charge in [0.15, 0.2) is 0 Å². The molecule has 2 rings (SSSR count). The second-order valence-electron chi connectivity index (χ2n) is 10.4. The molecule has 2 aromatic carbocycles. The first-order valence-electron chi connectivity index (χ1n) is 11.2. The molecule has 0 aliphatic rings. The maximum Gasteiger partial charge on any atom is 0.120 e. The van der Waals surface area contributed by atoms with E-state index >= 15 is 0 Å². The lowest BCUT2D eigenvalue weighted by molar-refractivity contribution is 0.547. The maximum atomic E-state index is 13.9. The van der Waals surface area contributed by atoms with Crippen molar-refractivity contribution in [2.24, 2.45) is 0 Å². The molecule has 0 N–H and O–H groups in total. The van der Waals surface area contributed by atoms with E-state index in [0.29, 0.717) is 0 Å². The van der Waals surface area contributed by atoms with Crippen molar-refractivity contribution in [1.82, 2.24) is 0 Å². The monoisotopic (exact) mass is 446 g/mol. The first-order chi connectivity index (χ1) is 13.9. The zero-order chi connectivity index (χ0) is 22.5. The van der Waals surface area contributed by atoms with Crippen LogP contribution in [0.2, 0.25) is 0 Å². The molecule has 0 aliphatic carbocycles. The third-order valence-electron chi connectivity index (χ3n) is 6.21. The lowest BCUT2D eigenvalue weighted by Gasteiger charge is -2.32. The maximum absolute atomic E-state index is 13.9. The highest BCUT2D eigenvalue weighted by Crippen LogP contribution is 2.58. The van der Waals surface area contributed by atoms with Crippen LogP contribution >= 0.6 is 14.3 Å². The van der Waals surface area contributed by atoms with Gasteiger partial charge < -0.3 is 9.13 Å². The van der Waals surface area contributed by atoms with Crippen LogP contribution in [0.5, 0.6) is 0 Å². The number of benzene rings is 2. The molecule has 0 radical (unpaired) electrons. The van der Waals surface area contributed by atoms with E-state index in [1.165, 1.54) is 0 Å². The Hall–Kier alpha value is -1.10. The highest BCUT2D eigenvalue weighted by atomic mass is 31.2. The summed E-state index contributed by atoms with van der Waals surface area (Å²) in [6.07, 6.45) is 5.47. The van der Waals surface area contributed by atoms with Crippen LogP contribution in [0.25, 0.3) is 0 Å². The standard InChI is InChI=1S/C26H40O2P2/c1-25(2,3)29(27,23-17-11-9-12-18-23)21-15-7-8-16-22-30(28,26(4,5)6)24-19-13-10-14-20-24/h9-14,17-20H,7-8,15-16,21-22H2,1-6H3/t29-,30-/m0/s1. The summed E-state index contributed by atoms with van der Waals surface area (Å²) in [4.78, 5) is 0. The van der Waals surface area contributed by atoms with Crippen molar-refractivity contribution in [2.45, 2.75) is 77.5 Å². The summed E-state index contributed by atoms with van der Waals surface area (Å²) < 4.78 is 27.8. The molecule has 0 amide bonds. The molecular weight excluding hydrogens is 406 g/mol. The molecule has 2 nitrogen and oxygen atoms in total. The molecule has 4 heteroatoms. The summed E-state index contributed by atoms with van der Waals surface area (Å²) in [7, 11) is -4.93. The highest BCUT2D eigenvalue weighted by Gasteiger charge is 2.38. The van der Waals surface area contributed by atoms with Gasteiger partial charge in [0.1, 0.15) is 14.3 Å². The van der Waals surface area contributed by atoms with E-state index < -0.39 is 14.3 Å². The molecular formula is C26H40O2P2. The summed E-state index contributed by atoms with van der Waals surface area (Å²) in [6, 6.07) is 20.0. The van der Waals surface area contributed by atoms with Gasteiger partial charge in [-0.2, -0.15) is 0 Å². The van der Waals surface area contributed by atoms with Crippen LogP contribution in [0.15, 0.2) is 60.7 Å². The van der Waals surface area contributed by atoms with Crippen LogP contribution in [0.4, 0.5) is 0 Å². The number of hydrogen-bond donors (Lipinski definition) is 0. The molecule has 0 aromatic heterocycles. The Bertz CT molecular complexity index is 799. The van der Waals surface area contributed by atoms with E-state index in [9.17, 15) is 9.13 Å². The molecule has 0 unspecified atom stereocenters. The van der Waals surface area contributed by atoms with Gasteiger partial charge in [-0.1, -0.05) is 115 Å². The third-order valence-corrected chi connectivity index (χ3v) is 14.7. The van der Waals surface area contributed by atoms with E-state index in [-0.39, 0.29) is 10.3 Å². The molecule has 0 saturated carbocycles. The Kier molecular flexibility index (Phi) is 8.40. The smallest absolute Gasteiger partial charge is 0.120 e. The van der Waals surface area contributed by atoms with Crippen LogP contribution in [0, 0.1) is 0 Å². The van der Waals surface area contributed by atoms with Gasteiger partial charge >= 0.3 is 0 Å². The Morgan fingerprint density at radius 2 is 0.833 bits per heavy atom. The van der Waals surface area contributed by atoms with Gasteiger partial charge in [-0.3, -0.25) is 0 Å². The number of rotatable bonds is 9. The predicted molar refractivity (Wildman–Crippen MR) is 135 cm³/mol. The highest BCUT2D eigenvalue weighted by molar-refractivity contribution is 7.73. The van der Waals surface area contributed by atoms with Crippen LogP contribution in [0.1, 0.15) is 67.2 Å². The van der Waals surface area contributed by atoms with Crippen molar-refractivity contribution in [3.05, 3.63) is 60.7 Å². The molecule has 0 heterocycles. The fourth-order valence-electron chi connectivity index (χ4n) is 4.06. The fraction of sp³-hybridized carbons (Fsp3) is 0.538. The Balaban J connectivity index is 1.95. The molecule has 0 aliphatic heterocycles. The van der Waals surface area contributed by atoms with Crippen LogP contribution in [-0.4, -0.2) is 22.6 Å². The zero-order valence-electron chi connectivity index (χ0n) is 19.7. The molecule has 0 spiro atoms. The quantitative estimate of drug-likeness (QED) is 0.295. The summed E-state index contributed by atoms with van der Waals surface area (Å²) in [6.45, 7) is 12.6. The van der Waals surface area contributed by atoms with Gasteiger partial charge in [-0.05, 0) is 12.8 Å². The fourth-order valence-corrected chi connectivity index (χ4v) is 10.1. The lowest BCUT2D eigenvalue weighted by Crippen LogP contribution is -2.25. The van der Waals surface area contributed by atoms with Crippen LogP contribution < -0.4 is 10.6 Å². The average molecular weight is 447 g/mol. The predicted octanol–water partition coefficient (Wildman–Crippen LogP) is 7.52. The van der Waals surface area contributed by atoms with Gasteiger partial charge in [0.2, 0.25) is 0 Å². The summed E-state index contributed by atoms with van der Waals surface area (Å²) in [5.41, 5.74) is 0. The molecule has 2 atom stereocenters. The van der Waals surface area contributed by atoms with Gasteiger partial charge in [-0.25, -0.2) is 0 Å². The van der Waals surface area contributed by atoms with Crippen molar-refractivity contribution < 1.29 is 9.13 Å². The molecule has 30 heavy (non-hydrogen) atoms. The normalized spacial score (nSPS) is 16.6. The lowest BCUT2D eigenvalue weighted by atomic mass is 10.2. The minimum Gasteiger partial charge on any atom is -0.318 e. The van der Waals surface area contributed by atoms with Gasteiger partial charge in [-0.15, -0.1) is 0 Å². The Morgan fingerprint density at radius 1 is 0.533 bits per heavy atom. The zero-order valence-corrected chi connectivity index (χ0v) is 21.5. The summed E-state index contributed by atoms with van der Waals surface area (Å²) in [5, 5.41) is 1.53. The first kappa shape index (κ1) is 25.2. The van der Waals surface area contributed by atoms with E-state index in [4.69, 9.17) is 0 Å². The van der Waals surface area contributed by atoms with Gasteiger partial charge in [0.05, 0.1) is 0 Å². The minimum atomic E-state index is -2.47. The average Bonchev–Trinajstić information content (AvgIpc) is 2.69. The van der Waals surface area contributed by atoms with Crippen molar-refractivity contribution in [3.63, 3.8) is 0 Å². The molecule has 2 aromatic rings. The topological polar surface area (TPSA) is 34.1 Å². The van der Waals surface area contributed by atoms with Crippen LogP contribution in [-0.2, 0) is 9.13 Å². The van der Waals surface area contributed by atoms with Gasteiger partial charge in [0.25, 0.3) is 0 Å². The Labute approximate surface area is 184 Å². The second-order valence-corrected chi connectivity index (χ2v) is 17.9. The van der Waals surface area contributed by atoms with Crippen molar-refractivity contribution in [3.8, 4) is 0 Å². The van der Waals surface area contributed by atoms with Crippen molar-refractivity contribution in [2.75, 3.05) is 12.3 Å². The summed E-state index contributed by atoms with van der Waals surface area (Å²) >= 11 is 0. The van der Waals surface area contributed by atoms with Crippen molar-refractivity contribution in [1.29, 1.82) is 0 Å². The van der Waals surface area contributed by atoms with Gasteiger partial charge in [0, 0.05) is 33.2 Å². The molecule has 166 valence electrons. The van der Waals surface area contributed by atoms with E-state index in [2.05, 4.69) is 41.5 Å².